The average Bonchev–Trinajstić information content (AvgIpc) is 2.80. The third-order valence-corrected chi connectivity index (χ3v) is 3.42. The number of benzene rings is 1. The van der Waals surface area contributed by atoms with Gasteiger partial charge in [0.25, 0.3) is 0 Å². The van der Waals surface area contributed by atoms with Crippen LogP contribution in [0.2, 0.25) is 10.2 Å². The Bertz CT molecular complexity index is 862. The molecule has 1 aromatic carbocycles. The summed E-state index contributed by atoms with van der Waals surface area (Å²) in [6.07, 6.45) is 1.63. The molecule has 22 heavy (non-hydrogen) atoms. The minimum Gasteiger partial charge on any atom is -0.334 e. The maximum absolute atomic E-state index is 12.1. The zero-order chi connectivity index (χ0) is 15.7. The minimum absolute atomic E-state index is 0.272. The van der Waals surface area contributed by atoms with Crippen molar-refractivity contribution in [3.05, 3.63) is 46.8 Å². The van der Waals surface area contributed by atoms with Crippen molar-refractivity contribution >= 4 is 51.8 Å². The van der Waals surface area contributed by atoms with Crippen molar-refractivity contribution in [3.8, 4) is 0 Å². The third kappa shape index (κ3) is 2.98. The second kappa shape index (κ2) is 5.82. The number of hydrogen-bond acceptors (Lipinski definition) is 3. The molecule has 0 saturated carbocycles. The number of pyridine rings is 1. The largest absolute Gasteiger partial charge is 0.334 e. The maximum Gasteiger partial charge on any atom is 0.324 e. The summed E-state index contributed by atoms with van der Waals surface area (Å²) >= 11 is 11.9. The molecule has 0 unspecified atom stereocenters. The van der Waals surface area contributed by atoms with Crippen molar-refractivity contribution < 1.29 is 4.79 Å². The molecule has 3 rings (SSSR count). The van der Waals surface area contributed by atoms with Crippen LogP contribution in [0, 0.1) is 0 Å². The Morgan fingerprint density at radius 3 is 2.82 bits per heavy atom. The SMILES string of the molecule is Cn1cnc2c(NC(=O)Nc3cccc(Cl)c3)nc(Cl)cc21. The summed E-state index contributed by atoms with van der Waals surface area (Å²) in [7, 11) is 1.83. The first-order chi connectivity index (χ1) is 10.5. The molecule has 6 nitrogen and oxygen atoms in total. The molecule has 0 fully saturated rings. The second-order valence-electron chi connectivity index (χ2n) is 4.61. The van der Waals surface area contributed by atoms with E-state index in [-0.39, 0.29) is 5.15 Å². The number of carbonyl (C=O) groups excluding carboxylic acids is 1. The van der Waals surface area contributed by atoms with E-state index in [1.165, 1.54) is 0 Å². The summed E-state index contributed by atoms with van der Waals surface area (Å²) in [4.78, 5) is 20.4. The molecule has 2 N–H and O–H groups in total. The van der Waals surface area contributed by atoms with E-state index in [2.05, 4.69) is 20.6 Å². The van der Waals surface area contributed by atoms with Gasteiger partial charge in [0.05, 0.1) is 11.8 Å². The molecule has 2 amide bonds. The number of carbonyl (C=O) groups is 1. The number of rotatable bonds is 2. The van der Waals surface area contributed by atoms with E-state index in [1.54, 1.807) is 41.2 Å². The molecule has 0 bridgehead atoms. The van der Waals surface area contributed by atoms with Gasteiger partial charge in [-0.25, -0.2) is 14.8 Å². The number of fused-ring (bicyclic) bond motifs is 1. The zero-order valence-electron chi connectivity index (χ0n) is 11.5. The van der Waals surface area contributed by atoms with Gasteiger partial charge in [-0.2, -0.15) is 0 Å². The number of halogens is 2. The van der Waals surface area contributed by atoms with E-state index in [0.29, 0.717) is 22.0 Å². The molecule has 0 aliphatic rings. The van der Waals surface area contributed by atoms with Gasteiger partial charge in [-0.1, -0.05) is 29.3 Å². The molecule has 2 heterocycles. The van der Waals surface area contributed by atoms with Crippen LogP contribution in [0.5, 0.6) is 0 Å². The lowest BCUT2D eigenvalue weighted by atomic mass is 10.3. The number of nitrogens with one attached hydrogen (secondary N) is 2. The van der Waals surface area contributed by atoms with Crippen LogP contribution in [-0.2, 0) is 7.05 Å². The number of aromatic nitrogens is 3. The van der Waals surface area contributed by atoms with Gasteiger partial charge in [0.1, 0.15) is 10.7 Å². The average molecular weight is 336 g/mol. The number of anilines is 2. The standard InChI is InChI=1S/C14H11Cl2N5O/c1-21-7-17-12-10(21)6-11(16)19-13(12)20-14(22)18-9-4-2-3-8(15)5-9/h2-7H,1H3,(H2,18,19,20,22). The predicted octanol–water partition coefficient (Wildman–Crippen LogP) is 3.92. The van der Waals surface area contributed by atoms with Gasteiger partial charge in [0.2, 0.25) is 0 Å². The minimum atomic E-state index is -0.455. The van der Waals surface area contributed by atoms with Gasteiger partial charge in [0, 0.05) is 23.8 Å². The highest BCUT2D eigenvalue weighted by Gasteiger charge is 2.12. The summed E-state index contributed by atoms with van der Waals surface area (Å²) in [5.41, 5.74) is 1.91. The first-order valence-corrected chi connectivity index (χ1v) is 7.09. The number of amides is 2. The first kappa shape index (κ1) is 14.6. The lowest BCUT2D eigenvalue weighted by Gasteiger charge is -2.08. The summed E-state index contributed by atoms with van der Waals surface area (Å²) in [6.45, 7) is 0. The Morgan fingerprint density at radius 2 is 2.05 bits per heavy atom. The molecular formula is C14H11Cl2N5O. The molecule has 2 aromatic heterocycles. The van der Waals surface area contributed by atoms with E-state index in [9.17, 15) is 4.79 Å². The van der Waals surface area contributed by atoms with Crippen LogP contribution >= 0.6 is 23.2 Å². The van der Waals surface area contributed by atoms with E-state index in [0.717, 1.165) is 5.52 Å². The van der Waals surface area contributed by atoms with Gasteiger partial charge in [-0.05, 0) is 18.2 Å². The summed E-state index contributed by atoms with van der Waals surface area (Å²) in [6, 6.07) is 8.07. The van der Waals surface area contributed by atoms with E-state index < -0.39 is 6.03 Å². The first-order valence-electron chi connectivity index (χ1n) is 6.34. The van der Waals surface area contributed by atoms with Crippen molar-refractivity contribution in [3.63, 3.8) is 0 Å². The Hall–Kier alpha value is -2.31. The second-order valence-corrected chi connectivity index (χ2v) is 5.43. The molecule has 8 heteroatoms. The molecule has 0 aliphatic heterocycles. The normalized spacial score (nSPS) is 10.7. The van der Waals surface area contributed by atoms with Crippen LogP contribution in [0.4, 0.5) is 16.3 Å². The predicted molar refractivity (Wildman–Crippen MR) is 87.6 cm³/mol. The van der Waals surface area contributed by atoms with E-state index >= 15 is 0 Å². The summed E-state index contributed by atoms with van der Waals surface area (Å²) in [5.74, 6) is 0.294. The van der Waals surface area contributed by atoms with E-state index in [4.69, 9.17) is 23.2 Å². The maximum atomic E-state index is 12.1. The fourth-order valence-electron chi connectivity index (χ4n) is 2.02. The van der Waals surface area contributed by atoms with Crippen LogP contribution < -0.4 is 10.6 Å². The number of hydrogen-bond donors (Lipinski definition) is 2. The smallest absolute Gasteiger partial charge is 0.324 e. The quantitative estimate of drug-likeness (QED) is 0.697. The fraction of sp³-hybridized carbons (Fsp3) is 0.0714. The van der Waals surface area contributed by atoms with Crippen LogP contribution in [0.1, 0.15) is 0 Å². The van der Waals surface area contributed by atoms with Crippen LogP contribution in [0.15, 0.2) is 36.7 Å². The van der Waals surface area contributed by atoms with Crippen molar-refractivity contribution in [1.82, 2.24) is 14.5 Å². The number of urea groups is 1. The van der Waals surface area contributed by atoms with Crippen molar-refractivity contribution in [2.75, 3.05) is 10.6 Å². The van der Waals surface area contributed by atoms with E-state index in [1.807, 2.05) is 7.05 Å². The Balaban J connectivity index is 1.85. The molecule has 0 aliphatic carbocycles. The van der Waals surface area contributed by atoms with Crippen LogP contribution in [0.3, 0.4) is 0 Å². The molecule has 0 spiro atoms. The Morgan fingerprint density at radius 1 is 1.23 bits per heavy atom. The third-order valence-electron chi connectivity index (χ3n) is 3.00. The molecule has 0 atom stereocenters. The lowest BCUT2D eigenvalue weighted by Crippen LogP contribution is -2.20. The van der Waals surface area contributed by atoms with Gasteiger partial charge in [-0.15, -0.1) is 0 Å². The van der Waals surface area contributed by atoms with Gasteiger partial charge < -0.3 is 9.88 Å². The Kier molecular flexibility index (Phi) is 3.87. The molecule has 112 valence electrons. The van der Waals surface area contributed by atoms with Gasteiger partial charge >= 0.3 is 6.03 Å². The molecule has 3 aromatic rings. The van der Waals surface area contributed by atoms with Gasteiger partial charge in [-0.3, -0.25) is 5.32 Å². The number of nitrogens with zero attached hydrogens (tertiary/aromatic N) is 3. The highest BCUT2D eigenvalue weighted by Crippen LogP contribution is 2.23. The summed E-state index contributed by atoms with van der Waals surface area (Å²) in [5, 5.41) is 6.12. The van der Waals surface area contributed by atoms with Crippen molar-refractivity contribution in [1.29, 1.82) is 0 Å². The van der Waals surface area contributed by atoms with Crippen molar-refractivity contribution in [2.45, 2.75) is 0 Å². The fourth-order valence-corrected chi connectivity index (χ4v) is 2.40. The Labute approximate surface area is 136 Å². The van der Waals surface area contributed by atoms with Crippen molar-refractivity contribution in [2.24, 2.45) is 7.05 Å². The number of aryl methyl sites for hydroxylation is 1. The molecular weight excluding hydrogens is 325 g/mol. The lowest BCUT2D eigenvalue weighted by molar-refractivity contribution is 0.262. The van der Waals surface area contributed by atoms with Crippen LogP contribution in [-0.4, -0.2) is 20.6 Å². The highest BCUT2D eigenvalue weighted by atomic mass is 35.5. The number of imidazole rings is 1. The summed E-state index contributed by atoms with van der Waals surface area (Å²) < 4.78 is 1.79. The highest BCUT2D eigenvalue weighted by molar-refractivity contribution is 6.31. The van der Waals surface area contributed by atoms with Gasteiger partial charge in [0.15, 0.2) is 5.82 Å². The molecule has 0 radical (unpaired) electrons. The monoisotopic (exact) mass is 335 g/mol. The topological polar surface area (TPSA) is 71.8 Å². The molecule has 0 saturated heterocycles. The van der Waals surface area contributed by atoms with Crippen LogP contribution in [0.25, 0.3) is 11.0 Å². The zero-order valence-corrected chi connectivity index (χ0v) is 13.0.